The molecule has 0 radical (unpaired) electrons. The van der Waals surface area contributed by atoms with Crippen LogP contribution >= 0.6 is 0 Å². The molecule has 2 N–H and O–H groups in total. The first-order valence-corrected chi connectivity index (χ1v) is 14.9. The van der Waals surface area contributed by atoms with E-state index in [1.807, 2.05) is 55.5 Å². The Morgan fingerprint density at radius 2 is 1.58 bits per heavy atom. The third kappa shape index (κ3) is 3.97. The molecule has 3 fully saturated rings. The molecule has 3 aromatic rings. The molecule has 0 spiro atoms. The number of rotatable bonds is 4. The molecule has 2 saturated heterocycles. The molecule has 0 aromatic heterocycles. The number of phenolic OH excluding ortho intramolecular Hbond substituents is 1. The summed E-state index contributed by atoms with van der Waals surface area (Å²) in [6.45, 7) is 1.94. The second kappa shape index (κ2) is 10.4. The van der Waals surface area contributed by atoms with Crippen molar-refractivity contribution in [2.45, 2.75) is 31.1 Å². The van der Waals surface area contributed by atoms with Crippen molar-refractivity contribution in [3.05, 3.63) is 107 Å². The first-order valence-electron chi connectivity index (χ1n) is 14.9. The van der Waals surface area contributed by atoms with E-state index in [0.29, 0.717) is 27.3 Å². The molecule has 4 aliphatic rings. The number of amides is 5. The summed E-state index contributed by atoms with van der Waals surface area (Å²) in [5.41, 5.74) is 4.82. The van der Waals surface area contributed by atoms with Crippen LogP contribution in [0.5, 0.6) is 5.75 Å². The van der Waals surface area contributed by atoms with Crippen molar-refractivity contribution in [2.24, 2.45) is 23.7 Å². The molecule has 0 bridgehead atoms. The molecule has 2 aliphatic heterocycles. The highest BCUT2D eigenvalue weighted by molar-refractivity contribution is 6.16. The first-order chi connectivity index (χ1) is 21.7. The van der Waals surface area contributed by atoms with Crippen LogP contribution in [0.2, 0.25) is 0 Å². The van der Waals surface area contributed by atoms with Crippen molar-refractivity contribution in [2.75, 3.05) is 12.5 Å². The Kier molecular flexibility index (Phi) is 6.61. The van der Waals surface area contributed by atoms with Crippen LogP contribution in [0.1, 0.15) is 35.4 Å². The Morgan fingerprint density at radius 1 is 0.889 bits per heavy atom. The van der Waals surface area contributed by atoms with E-state index in [0.717, 1.165) is 17.7 Å². The number of aryl methyl sites for hydroxylation is 1. The number of anilines is 1. The van der Waals surface area contributed by atoms with Crippen LogP contribution in [0.25, 0.3) is 0 Å². The van der Waals surface area contributed by atoms with Crippen LogP contribution in [0.4, 0.5) is 10.5 Å². The maximum atomic E-state index is 15.0. The van der Waals surface area contributed by atoms with E-state index in [-0.39, 0.29) is 18.6 Å². The van der Waals surface area contributed by atoms with Gasteiger partial charge in [0, 0.05) is 11.5 Å². The number of methoxy groups -OCH3 is 1. The SMILES string of the molecule is COC(=O)N1C(=O)[C@H]2[C@H](CC=C3[C@H]2C[C@H]2C(=O)N(Nc4ccc(C)cc4)C(=O)[C@@]2(c2ccccc2)[C@H]3c2ccccc2O)C1=O. The number of likely N-dealkylation sites (tertiary alicyclic amines) is 1. The van der Waals surface area contributed by atoms with Crippen LogP contribution in [0.15, 0.2) is 90.5 Å². The average molecular weight is 606 g/mol. The fraction of sp³-hybridized carbons (Fsp3) is 0.286. The monoisotopic (exact) mass is 605 g/mol. The molecule has 10 heteroatoms. The highest BCUT2D eigenvalue weighted by Crippen LogP contribution is 2.64. The van der Waals surface area contributed by atoms with Gasteiger partial charge in [-0.3, -0.25) is 24.6 Å². The predicted molar refractivity (Wildman–Crippen MR) is 161 cm³/mol. The lowest BCUT2D eigenvalue weighted by Gasteiger charge is -2.50. The summed E-state index contributed by atoms with van der Waals surface area (Å²) in [6, 6.07) is 23.1. The number of hydrogen-bond acceptors (Lipinski definition) is 8. The summed E-state index contributed by atoms with van der Waals surface area (Å²) >= 11 is 0. The van der Waals surface area contributed by atoms with Gasteiger partial charge < -0.3 is 9.84 Å². The minimum atomic E-state index is -1.49. The van der Waals surface area contributed by atoms with E-state index in [9.17, 15) is 29.1 Å². The zero-order valence-corrected chi connectivity index (χ0v) is 24.7. The van der Waals surface area contributed by atoms with Crippen LogP contribution < -0.4 is 5.43 Å². The number of hydrazine groups is 1. The summed E-state index contributed by atoms with van der Waals surface area (Å²) < 4.78 is 4.76. The molecule has 7 rings (SSSR count). The minimum Gasteiger partial charge on any atom is -0.508 e. The number of nitrogens with zero attached hydrogens (tertiary/aromatic N) is 2. The van der Waals surface area contributed by atoms with E-state index in [1.165, 1.54) is 6.07 Å². The Hall–Kier alpha value is -5.25. The molecular weight excluding hydrogens is 574 g/mol. The number of carbonyl (C=O) groups excluding carboxylic acids is 5. The summed E-state index contributed by atoms with van der Waals surface area (Å²) in [5, 5.41) is 12.4. The van der Waals surface area contributed by atoms with Crippen molar-refractivity contribution in [3.63, 3.8) is 0 Å². The third-order valence-electron chi connectivity index (χ3n) is 10.00. The fourth-order valence-corrected chi connectivity index (χ4v) is 8.09. The molecule has 10 nitrogen and oxygen atoms in total. The highest BCUT2D eigenvalue weighted by Gasteiger charge is 2.70. The number of benzene rings is 3. The van der Waals surface area contributed by atoms with E-state index >= 15 is 0 Å². The molecule has 5 amide bonds. The van der Waals surface area contributed by atoms with Crippen molar-refractivity contribution >= 4 is 35.4 Å². The number of fused-ring (bicyclic) bond motifs is 4. The number of para-hydroxylation sites is 1. The predicted octanol–water partition coefficient (Wildman–Crippen LogP) is 4.45. The maximum Gasteiger partial charge on any atom is 0.423 e. The summed E-state index contributed by atoms with van der Waals surface area (Å²) in [6.07, 6.45) is 1.05. The van der Waals surface area contributed by atoms with E-state index < -0.39 is 64.7 Å². The second-order valence-electron chi connectivity index (χ2n) is 12.1. The summed E-state index contributed by atoms with van der Waals surface area (Å²) in [5.74, 6) is -6.56. The van der Waals surface area contributed by atoms with Gasteiger partial charge in [-0.15, -0.1) is 0 Å². The zero-order valence-electron chi connectivity index (χ0n) is 24.7. The van der Waals surface area contributed by atoms with Gasteiger partial charge in [0.05, 0.1) is 36.0 Å². The lowest BCUT2D eigenvalue weighted by Crippen LogP contribution is -2.53. The second-order valence-corrected chi connectivity index (χ2v) is 12.1. The largest absolute Gasteiger partial charge is 0.508 e. The van der Waals surface area contributed by atoms with Crippen molar-refractivity contribution in [1.29, 1.82) is 0 Å². The number of imide groups is 4. The maximum absolute atomic E-state index is 15.0. The summed E-state index contributed by atoms with van der Waals surface area (Å²) in [7, 11) is 1.11. The minimum absolute atomic E-state index is 0.0598. The molecule has 45 heavy (non-hydrogen) atoms. The Morgan fingerprint density at radius 3 is 2.27 bits per heavy atom. The van der Waals surface area contributed by atoms with Crippen LogP contribution in [0, 0.1) is 30.6 Å². The van der Waals surface area contributed by atoms with Gasteiger partial charge in [-0.2, -0.15) is 9.91 Å². The fourth-order valence-electron chi connectivity index (χ4n) is 8.09. The number of carbonyl (C=O) groups is 5. The van der Waals surface area contributed by atoms with Crippen molar-refractivity contribution < 1.29 is 33.8 Å². The standard InChI is InChI=1S/C35H31N3O7/c1-19-12-14-21(15-13-19)36-38-31(41)26-18-25-22(16-17-24-28(25)32(42)37(30(24)40)34(44)45-2)29(23-10-6-7-11-27(23)39)35(26,33(38)43)20-8-4-3-5-9-20/h3-16,24-26,28-29,36,39H,17-18H2,1-2H3/t24-,25+,26-,28-,29+,35+/m0/s1. The zero-order chi connectivity index (χ0) is 31.6. The van der Waals surface area contributed by atoms with Crippen LogP contribution in [0.3, 0.4) is 0 Å². The Balaban J connectivity index is 1.45. The van der Waals surface area contributed by atoms with Crippen LogP contribution in [-0.4, -0.2) is 51.8 Å². The van der Waals surface area contributed by atoms with E-state index in [4.69, 9.17) is 4.74 Å². The number of allylic oxidation sites excluding steroid dienone is 2. The number of phenols is 1. The Labute approximate surface area is 259 Å². The van der Waals surface area contributed by atoms with E-state index in [1.54, 1.807) is 30.3 Å². The smallest absolute Gasteiger partial charge is 0.423 e. The normalized spacial score (nSPS) is 28.8. The van der Waals surface area contributed by atoms with Gasteiger partial charge in [0.2, 0.25) is 11.8 Å². The number of nitrogens with one attached hydrogen (secondary N) is 1. The van der Waals surface area contributed by atoms with E-state index in [2.05, 4.69) is 5.43 Å². The molecule has 228 valence electrons. The first kappa shape index (κ1) is 28.5. The van der Waals surface area contributed by atoms with Gasteiger partial charge in [0.1, 0.15) is 5.75 Å². The highest BCUT2D eigenvalue weighted by atomic mass is 16.5. The molecule has 2 heterocycles. The molecule has 0 unspecified atom stereocenters. The third-order valence-corrected chi connectivity index (χ3v) is 10.00. The van der Waals surface area contributed by atoms with Crippen molar-refractivity contribution in [1.82, 2.24) is 9.91 Å². The molecule has 1 saturated carbocycles. The molecule has 6 atom stereocenters. The quantitative estimate of drug-likeness (QED) is 0.329. The molecule has 2 aliphatic carbocycles. The molecular formula is C35H31N3O7. The Bertz CT molecular complexity index is 1790. The molecule has 3 aromatic carbocycles. The average Bonchev–Trinajstić information content (AvgIpc) is 3.43. The summed E-state index contributed by atoms with van der Waals surface area (Å²) in [4.78, 5) is 69.7. The lowest BCUT2D eigenvalue weighted by atomic mass is 9.49. The number of aromatic hydroxyl groups is 1. The van der Waals surface area contributed by atoms with Gasteiger partial charge in [-0.05, 0) is 49.4 Å². The van der Waals surface area contributed by atoms with Crippen LogP contribution in [-0.2, 0) is 29.3 Å². The van der Waals surface area contributed by atoms with Gasteiger partial charge in [-0.25, -0.2) is 4.79 Å². The number of hydrogen-bond donors (Lipinski definition) is 2. The van der Waals surface area contributed by atoms with Crippen molar-refractivity contribution in [3.8, 4) is 5.75 Å². The van der Waals surface area contributed by atoms with Gasteiger partial charge in [0.25, 0.3) is 11.8 Å². The van der Waals surface area contributed by atoms with Gasteiger partial charge >= 0.3 is 6.09 Å². The lowest BCUT2D eigenvalue weighted by molar-refractivity contribution is -0.140. The topological polar surface area (TPSA) is 133 Å². The number of ether oxygens (including phenoxy) is 1. The van der Waals surface area contributed by atoms with Gasteiger partial charge in [-0.1, -0.05) is 77.9 Å². The van der Waals surface area contributed by atoms with Gasteiger partial charge in [0.15, 0.2) is 0 Å².